The number of aromatic nitrogens is 1. The van der Waals surface area contributed by atoms with Gasteiger partial charge in [0.25, 0.3) is 0 Å². The minimum Gasteiger partial charge on any atom is -0.495 e. The van der Waals surface area contributed by atoms with E-state index in [1.54, 1.807) is 62.8 Å². The molecule has 0 aliphatic rings. The standard InChI is InChI=1S/C24H24N2O6S2/c1-30-19-10-11-20(31-2)23-22(19)25-24(33-23)26(15-18-9-6-13-32-18)21(27)12-14-34(28,29)16-17-7-4-3-5-8-17/h3-11,13H,12,14-16H2,1-2H3. The van der Waals surface area contributed by atoms with Gasteiger partial charge in [-0.2, -0.15) is 0 Å². The highest BCUT2D eigenvalue weighted by atomic mass is 32.2. The number of carbonyl (C=O) groups is 1. The fourth-order valence-electron chi connectivity index (χ4n) is 3.49. The van der Waals surface area contributed by atoms with Crippen LogP contribution in [-0.2, 0) is 26.9 Å². The van der Waals surface area contributed by atoms with Gasteiger partial charge in [0, 0.05) is 6.42 Å². The molecular weight excluding hydrogens is 476 g/mol. The van der Waals surface area contributed by atoms with Crippen molar-refractivity contribution in [3.8, 4) is 11.5 Å². The number of hydrogen-bond acceptors (Lipinski definition) is 8. The number of nitrogens with zero attached hydrogens (tertiary/aromatic N) is 2. The first-order valence-electron chi connectivity index (χ1n) is 10.5. The predicted octanol–water partition coefficient (Wildman–Crippen LogP) is 4.44. The second-order valence-corrected chi connectivity index (χ2v) is 10.7. The van der Waals surface area contributed by atoms with Crippen LogP contribution >= 0.6 is 11.3 Å². The molecule has 178 valence electrons. The van der Waals surface area contributed by atoms with E-state index in [0.717, 1.165) is 4.70 Å². The summed E-state index contributed by atoms with van der Waals surface area (Å²) in [6.07, 6.45) is 1.34. The zero-order valence-electron chi connectivity index (χ0n) is 18.8. The van der Waals surface area contributed by atoms with Gasteiger partial charge in [-0.1, -0.05) is 41.7 Å². The number of rotatable bonds is 10. The summed E-state index contributed by atoms with van der Waals surface area (Å²) in [4.78, 5) is 19.4. The van der Waals surface area contributed by atoms with Gasteiger partial charge in [0.15, 0.2) is 15.0 Å². The van der Waals surface area contributed by atoms with Crippen LogP contribution in [-0.4, -0.2) is 39.3 Å². The fourth-order valence-corrected chi connectivity index (χ4v) is 5.91. The summed E-state index contributed by atoms with van der Waals surface area (Å²) >= 11 is 1.27. The van der Waals surface area contributed by atoms with Crippen molar-refractivity contribution in [2.45, 2.75) is 18.7 Å². The summed E-state index contributed by atoms with van der Waals surface area (Å²) < 4.78 is 42.3. The largest absolute Gasteiger partial charge is 0.495 e. The first-order valence-corrected chi connectivity index (χ1v) is 13.1. The molecule has 34 heavy (non-hydrogen) atoms. The molecular formula is C24H24N2O6S2. The van der Waals surface area contributed by atoms with Gasteiger partial charge >= 0.3 is 0 Å². The number of anilines is 1. The molecule has 2 heterocycles. The van der Waals surface area contributed by atoms with Crippen molar-refractivity contribution < 1.29 is 27.1 Å². The molecule has 0 saturated carbocycles. The number of thiazole rings is 1. The smallest absolute Gasteiger partial charge is 0.230 e. The van der Waals surface area contributed by atoms with E-state index in [4.69, 9.17) is 13.9 Å². The average molecular weight is 501 g/mol. The lowest BCUT2D eigenvalue weighted by Gasteiger charge is -2.18. The zero-order valence-corrected chi connectivity index (χ0v) is 20.4. The molecule has 0 spiro atoms. The van der Waals surface area contributed by atoms with Gasteiger partial charge in [0.1, 0.15) is 27.5 Å². The van der Waals surface area contributed by atoms with Gasteiger partial charge in [-0.25, -0.2) is 13.4 Å². The van der Waals surface area contributed by atoms with Crippen LogP contribution in [0, 0.1) is 0 Å². The normalized spacial score (nSPS) is 11.5. The molecule has 0 unspecified atom stereocenters. The second kappa shape index (κ2) is 10.3. The Morgan fingerprint density at radius 3 is 2.44 bits per heavy atom. The van der Waals surface area contributed by atoms with Crippen molar-refractivity contribution in [3.05, 3.63) is 72.2 Å². The van der Waals surface area contributed by atoms with Gasteiger partial charge in [-0.05, 0) is 29.8 Å². The number of amides is 1. The van der Waals surface area contributed by atoms with Crippen molar-refractivity contribution in [1.29, 1.82) is 0 Å². The molecule has 0 bridgehead atoms. The van der Waals surface area contributed by atoms with Crippen LogP contribution in [0.3, 0.4) is 0 Å². The monoisotopic (exact) mass is 500 g/mol. The lowest BCUT2D eigenvalue weighted by molar-refractivity contribution is -0.118. The molecule has 0 radical (unpaired) electrons. The number of carbonyl (C=O) groups excluding carboxylic acids is 1. The number of hydrogen-bond donors (Lipinski definition) is 0. The average Bonchev–Trinajstić information content (AvgIpc) is 3.51. The van der Waals surface area contributed by atoms with E-state index in [1.165, 1.54) is 22.5 Å². The molecule has 0 aliphatic carbocycles. The van der Waals surface area contributed by atoms with Crippen molar-refractivity contribution >= 4 is 42.4 Å². The van der Waals surface area contributed by atoms with Crippen molar-refractivity contribution in [2.24, 2.45) is 0 Å². The number of sulfone groups is 1. The molecule has 0 fully saturated rings. The van der Waals surface area contributed by atoms with Crippen LogP contribution in [0.4, 0.5) is 5.13 Å². The summed E-state index contributed by atoms with van der Waals surface area (Å²) in [5, 5.41) is 0.402. The molecule has 10 heteroatoms. The van der Waals surface area contributed by atoms with Crippen molar-refractivity contribution in [2.75, 3.05) is 24.9 Å². The lowest BCUT2D eigenvalue weighted by atomic mass is 10.2. The fraction of sp³-hybridized carbons (Fsp3) is 0.250. The maximum absolute atomic E-state index is 13.3. The van der Waals surface area contributed by atoms with Crippen LogP contribution in [0.25, 0.3) is 10.2 Å². The van der Waals surface area contributed by atoms with Gasteiger partial charge in [0.2, 0.25) is 5.91 Å². The molecule has 2 aromatic heterocycles. The third-order valence-corrected chi connectivity index (χ3v) is 7.87. The number of ether oxygens (including phenoxy) is 2. The highest BCUT2D eigenvalue weighted by molar-refractivity contribution is 7.90. The number of methoxy groups -OCH3 is 2. The Morgan fingerprint density at radius 1 is 1.03 bits per heavy atom. The Kier molecular flexibility index (Phi) is 7.18. The molecule has 0 aliphatic heterocycles. The zero-order chi connectivity index (χ0) is 24.1. The Hall–Kier alpha value is -3.37. The molecule has 2 aromatic carbocycles. The minimum atomic E-state index is -3.48. The van der Waals surface area contributed by atoms with Crippen molar-refractivity contribution in [3.63, 3.8) is 0 Å². The summed E-state index contributed by atoms with van der Waals surface area (Å²) in [7, 11) is -0.377. The van der Waals surface area contributed by atoms with Gasteiger partial charge < -0.3 is 13.9 Å². The third-order valence-electron chi connectivity index (χ3n) is 5.18. The second-order valence-electron chi connectivity index (χ2n) is 7.53. The number of benzene rings is 2. The summed E-state index contributed by atoms with van der Waals surface area (Å²) in [5.74, 6) is 0.954. The topological polar surface area (TPSA) is 98.9 Å². The highest BCUT2D eigenvalue weighted by Crippen LogP contribution is 2.40. The lowest BCUT2D eigenvalue weighted by Crippen LogP contribution is -2.31. The van der Waals surface area contributed by atoms with E-state index in [9.17, 15) is 13.2 Å². The first kappa shape index (κ1) is 23.8. The molecule has 4 rings (SSSR count). The van der Waals surface area contributed by atoms with Gasteiger partial charge in [0.05, 0.1) is 38.5 Å². The van der Waals surface area contributed by atoms with E-state index >= 15 is 0 Å². The number of fused-ring (bicyclic) bond motifs is 1. The predicted molar refractivity (Wildman–Crippen MR) is 131 cm³/mol. The SMILES string of the molecule is COc1ccc(OC)c2sc(N(Cc3ccco3)C(=O)CCS(=O)(=O)Cc3ccccc3)nc12. The maximum Gasteiger partial charge on any atom is 0.230 e. The van der Waals surface area contributed by atoms with E-state index in [1.807, 2.05) is 6.07 Å². The summed E-state index contributed by atoms with van der Waals surface area (Å²) in [5.41, 5.74) is 1.25. The Bertz CT molecular complexity index is 1320. The van der Waals surface area contributed by atoms with E-state index in [2.05, 4.69) is 4.98 Å². The Morgan fingerprint density at radius 2 is 1.76 bits per heavy atom. The Labute approximate surface area is 201 Å². The minimum absolute atomic E-state index is 0.116. The molecule has 1 amide bonds. The maximum atomic E-state index is 13.3. The molecule has 4 aromatic rings. The Balaban J connectivity index is 1.61. The quantitative estimate of drug-likeness (QED) is 0.317. The molecule has 0 atom stereocenters. The van der Waals surface area contributed by atoms with Crippen LogP contribution in [0.5, 0.6) is 11.5 Å². The molecule has 0 saturated heterocycles. The van der Waals surface area contributed by atoms with Gasteiger partial charge in [-0.3, -0.25) is 9.69 Å². The highest BCUT2D eigenvalue weighted by Gasteiger charge is 2.25. The van der Waals surface area contributed by atoms with Crippen LogP contribution in [0.15, 0.2) is 65.3 Å². The third kappa shape index (κ3) is 5.40. The number of furan rings is 1. The van der Waals surface area contributed by atoms with Gasteiger partial charge in [-0.15, -0.1) is 0 Å². The van der Waals surface area contributed by atoms with Crippen molar-refractivity contribution in [1.82, 2.24) is 4.98 Å². The van der Waals surface area contributed by atoms with Crippen LogP contribution in [0.2, 0.25) is 0 Å². The van der Waals surface area contributed by atoms with E-state index < -0.39 is 9.84 Å². The summed E-state index contributed by atoms with van der Waals surface area (Å²) in [6.45, 7) is 0.120. The van der Waals surface area contributed by atoms with E-state index in [0.29, 0.717) is 33.5 Å². The molecule has 0 N–H and O–H groups in total. The van der Waals surface area contributed by atoms with Crippen LogP contribution in [0.1, 0.15) is 17.7 Å². The molecule has 8 nitrogen and oxygen atoms in total. The van der Waals surface area contributed by atoms with Crippen LogP contribution < -0.4 is 14.4 Å². The summed E-state index contributed by atoms with van der Waals surface area (Å²) in [6, 6.07) is 15.9. The first-order chi connectivity index (χ1) is 16.4. The van der Waals surface area contributed by atoms with E-state index in [-0.39, 0.29) is 30.4 Å².